The van der Waals surface area contributed by atoms with Crippen LogP contribution in [0.5, 0.6) is 5.75 Å². The Morgan fingerprint density at radius 3 is 2.56 bits per heavy atom. The number of ether oxygens (including phenoxy) is 1. The van der Waals surface area contributed by atoms with Gasteiger partial charge in [0.25, 0.3) is 0 Å². The maximum absolute atomic E-state index is 13.0. The smallest absolute Gasteiger partial charge is 0.156 e. The molecule has 170 valence electrons. The summed E-state index contributed by atoms with van der Waals surface area (Å²) in [4.78, 5) is 27.3. The highest BCUT2D eigenvalue weighted by atomic mass is 16.5. The molecule has 0 radical (unpaired) electrons. The van der Waals surface area contributed by atoms with Crippen molar-refractivity contribution < 1.29 is 14.3 Å². The summed E-state index contributed by atoms with van der Waals surface area (Å²) in [5, 5.41) is 0. The van der Waals surface area contributed by atoms with Crippen LogP contribution in [0.25, 0.3) is 0 Å². The summed E-state index contributed by atoms with van der Waals surface area (Å²) in [6.07, 6.45) is 8.13. The van der Waals surface area contributed by atoms with E-state index in [0.29, 0.717) is 30.6 Å². The lowest BCUT2D eigenvalue weighted by Crippen LogP contribution is -2.43. The Morgan fingerprint density at radius 2 is 1.81 bits per heavy atom. The van der Waals surface area contributed by atoms with Gasteiger partial charge in [-0.15, -0.1) is 0 Å². The minimum atomic E-state index is -0.216. The van der Waals surface area contributed by atoms with E-state index in [2.05, 4.69) is 36.1 Å². The van der Waals surface area contributed by atoms with Crippen LogP contribution in [-0.4, -0.2) is 43.7 Å². The minimum absolute atomic E-state index is 0.216. The maximum Gasteiger partial charge on any atom is 0.156 e. The van der Waals surface area contributed by atoms with Crippen molar-refractivity contribution in [2.24, 2.45) is 17.3 Å². The molecule has 32 heavy (non-hydrogen) atoms. The molecule has 0 bridgehead atoms. The fourth-order valence-corrected chi connectivity index (χ4v) is 6.87. The molecule has 0 amide bonds. The SMILES string of the molecule is CN(C)CCOc1ccc(C2CC3(C)C(=O)CCC3C3CCC4=CC(=O)CCC4=C23)cc1. The molecule has 4 heteroatoms. The third kappa shape index (κ3) is 3.67. The molecule has 0 N–H and O–H groups in total. The number of hydrogen-bond acceptors (Lipinski definition) is 4. The van der Waals surface area contributed by atoms with Crippen molar-refractivity contribution in [3.63, 3.8) is 0 Å². The summed E-state index contributed by atoms with van der Waals surface area (Å²) in [5.74, 6) is 2.82. The normalized spacial score (nSPS) is 31.9. The quantitative estimate of drug-likeness (QED) is 0.648. The van der Waals surface area contributed by atoms with Gasteiger partial charge in [0.05, 0.1) is 0 Å². The number of nitrogens with zero attached hydrogens (tertiary/aromatic N) is 1. The summed E-state index contributed by atoms with van der Waals surface area (Å²) < 4.78 is 5.92. The van der Waals surface area contributed by atoms with Crippen molar-refractivity contribution in [1.29, 1.82) is 0 Å². The van der Waals surface area contributed by atoms with Crippen LogP contribution in [0, 0.1) is 17.3 Å². The van der Waals surface area contributed by atoms with Gasteiger partial charge in [-0.25, -0.2) is 0 Å². The van der Waals surface area contributed by atoms with E-state index >= 15 is 0 Å². The van der Waals surface area contributed by atoms with Crippen LogP contribution in [0.4, 0.5) is 0 Å². The number of Topliss-reactive ketones (excluding diaryl/α,β-unsaturated/α-hetero) is 1. The van der Waals surface area contributed by atoms with Crippen LogP contribution in [0.3, 0.4) is 0 Å². The largest absolute Gasteiger partial charge is 0.492 e. The van der Waals surface area contributed by atoms with E-state index in [9.17, 15) is 9.59 Å². The first-order valence-corrected chi connectivity index (χ1v) is 12.2. The van der Waals surface area contributed by atoms with Crippen molar-refractivity contribution in [3.8, 4) is 5.75 Å². The molecule has 4 atom stereocenters. The van der Waals surface area contributed by atoms with Crippen molar-refractivity contribution in [2.75, 3.05) is 27.2 Å². The lowest BCUT2D eigenvalue weighted by Gasteiger charge is -2.50. The second kappa shape index (κ2) is 8.30. The van der Waals surface area contributed by atoms with Gasteiger partial charge in [-0.3, -0.25) is 9.59 Å². The summed E-state index contributed by atoms with van der Waals surface area (Å²) >= 11 is 0. The molecule has 4 nitrogen and oxygen atoms in total. The zero-order valence-electron chi connectivity index (χ0n) is 19.7. The average molecular weight is 434 g/mol. The van der Waals surface area contributed by atoms with Crippen molar-refractivity contribution in [3.05, 3.63) is 52.6 Å². The van der Waals surface area contributed by atoms with E-state index < -0.39 is 0 Å². The van der Waals surface area contributed by atoms with Crippen LogP contribution in [0.2, 0.25) is 0 Å². The average Bonchev–Trinajstić information content (AvgIpc) is 3.07. The highest BCUT2D eigenvalue weighted by molar-refractivity contribution is 5.93. The number of carbonyl (C=O) groups is 2. The molecule has 0 spiro atoms. The summed E-state index contributed by atoms with van der Waals surface area (Å²) in [7, 11) is 4.09. The first-order valence-electron chi connectivity index (χ1n) is 12.2. The molecule has 0 aromatic heterocycles. The summed E-state index contributed by atoms with van der Waals surface area (Å²) in [6.45, 7) is 3.79. The molecule has 2 saturated carbocycles. The molecular formula is C28H35NO3. The number of allylic oxidation sites excluding steroid dienone is 4. The second-order valence-corrected chi connectivity index (χ2v) is 10.7. The Hall–Kier alpha value is -2.20. The third-order valence-electron chi connectivity index (χ3n) is 8.53. The Kier molecular flexibility index (Phi) is 5.61. The molecule has 4 unspecified atom stereocenters. The topological polar surface area (TPSA) is 46.6 Å². The molecular weight excluding hydrogens is 398 g/mol. The van der Waals surface area contributed by atoms with Gasteiger partial charge in [-0.2, -0.15) is 0 Å². The monoisotopic (exact) mass is 433 g/mol. The van der Waals surface area contributed by atoms with E-state index in [1.165, 1.54) is 16.7 Å². The minimum Gasteiger partial charge on any atom is -0.492 e. The summed E-state index contributed by atoms with van der Waals surface area (Å²) in [5.41, 5.74) is 5.34. The van der Waals surface area contributed by atoms with Crippen LogP contribution in [-0.2, 0) is 9.59 Å². The number of hydrogen-bond donors (Lipinski definition) is 0. The lowest BCUT2D eigenvalue weighted by molar-refractivity contribution is -0.128. The molecule has 0 saturated heterocycles. The predicted octanol–water partition coefficient (Wildman–Crippen LogP) is 5.10. The van der Waals surface area contributed by atoms with E-state index in [4.69, 9.17) is 4.74 Å². The predicted molar refractivity (Wildman–Crippen MR) is 126 cm³/mol. The first-order chi connectivity index (χ1) is 15.4. The lowest BCUT2D eigenvalue weighted by atomic mass is 9.53. The highest BCUT2D eigenvalue weighted by Crippen LogP contribution is 2.62. The van der Waals surface area contributed by atoms with E-state index in [1.807, 2.05) is 20.2 Å². The molecule has 4 aliphatic rings. The highest BCUT2D eigenvalue weighted by Gasteiger charge is 2.56. The van der Waals surface area contributed by atoms with Crippen LogP contribution < -0.4 is 4.74 Å². The van der Waals surface area contributed by atoms with Crippen molar-refractivity contribution in [1.82, 2.24) is 4.90 Å². The Morgan fingerprint density at radius 1 is 1.03 bits per heavy atom. The van der Waals surface area contributed by atoms with Crippen LogP contribution in [0.15, 0.2) is 47.1 Å². The number of benzene rings is 1. The maximum atomic E-state index is 13.0. The number of likely N-dealkylation sites (N-methyl/N-ethyl adjacent to an activating group) is 1. The number of rotatable bonds is 5. The number of fused-ring (bicyclic) bond motifs is 4. The molecule has 4 aliphatic carbocycles. The van der Waals surface area contributed by atoms with Gasteiger partial charge in [-0.1, -0.05) is 24.6 Å². The first kappa shape index (κ1) is 21.6. The van der Waals surface area contributed by atoms with Gasteiger partial charge in [0.1, 0.15) is 18.1 Å². The van der Waals surface area contributed by atoms with Gasteiger partial charge >= 0.3 is 0 Å². The molecule has 0 aliphatic heterocycles. The Balaban J connectivity index is 1.51. The molecule has 2 fully saturated rings. The molecule has 5 rings (SSSR count). The molecule has 0 heterocycles. The van der Waals surface area contributed by atoms with Crippen molar-refractivity contribution >= 4 is 11.6 Å². The van der Waals surface area contributed by atoms with Gasteiger partial charge < -0.3 is 9.64 Å². The molecule has 1 aromatic carbocycles. The fourth-order valence-electron chi connectivity index (χ4n) is 6.87. The van der Waals surface area contributed by atoms with Gasteiger partial charge in [-0.05, 0) is 93.0 Å². The fraction of sp³-hybridized carbons (Fsp3) is 0.571. The Bertz CT molecular complexity index is 986. The van der Waals surface area contributed by atoms with Gasteiger partial charge in [0.15, 0.2) is 5.78 Å². The van der Waals surface area contributed by atoms with Gasteiger partial charge in [0, 0.05) is 30.7 Å². The summed E-state index contributed by atoms with van der Waals surface area (Å²) in [6, 6.07) is 8.57. The van der Waals surface area contributed by atoms with Crippen LogP contribution >= 0.6 is 0 Å². The van der Waals surface area contributed by atoms with Crippen LogP contribution in [0.1, 0.15) is 63.4 Å². The van der Waals surface area contributed by atoms with Gasteiger partial charge in [0.2, 0.25) is 0 Å². The van der Waals surface area contributed by atoms with E-state index in [0.717, 1.165) is 50.8 Å². The standard InChI is InChI=1S/C28H35NO3/c1-28-17-24(18-4-8-21(9-5-18)32-15-14-29(2)3)27-22-11-7-20(30)16-19(22)6-10-23(27)25(28)12-13-26(28)31/h4-5,8-9,16,23-25H,6-7,10-15,17H2,1-3H3. The van der Waals surface area contributed by atoms with E-state index in [-0.39, 0.29) is 17.1 Å². The molecule has 1 aromatic rings. The van der Waals surface area contributed by atoms with E-state index in [1.54, 1.807) is 5.57 Å². The Labute approximate surface area is 191 Å². The number of carbonyl (C=O) groups excluding carboxylic acids is 2. The second-order valence-electron chi connectivity index (χ2n) is 10.7. The number of ketones is 2. The zero-order chi connectivity index (χ0) is 22.5. The van der Waals surface area contributed by atoms with Crippen molar-refractivity contribution in [2.45, 2.75) is 57.8 Å². The third-order valence-corrected chi connectivity index (χ3v) is 8.53. The zero-order valence-corrected chi connectivity index (χ0v) is 19.7.